The van der Waals surface area contributed by atoms with Gasteiger partial charge in [-0.3, -0.25) is 9.59 Å². The third kappa shape index (κ3) is 5.42. The van der Waals surface area contributed by atoms with Gasteiger partial charge in [-0.05, 0) is 49.4 Å². The summed E-state index contributed by atoms with van der Waals surface area (Å²) in [5.41, 5.74) is 1.70. The van der Waals surface area contributed by atoms with Crippen molar-refractivity contribution in [3.05, 3.63) is 76.0 Å². The number of nitrogens with zero attached hydrogens (tertiary/aromatic N) is 3. The van der Waals surface area contributed by atoms with Gasteiger partial charge in [-0.25, -0.2) is 9.37 Å². The predicted octanol–water partition coefficient (Wildman–Crippen LogP) is 3.90. The molecule has 0 aliphatic carbocycles. The molecule has 0 bridgehead atoms. The first-order valence-corrected chi connectivity index (χ1v) is 10.1. The maximum atomic E-state index is 13.4. The number of halogens is 1. The van der Waals surface area contributed by atoms with Crippen LogP contribution in [0.1, 0.15) is 21.1 Å². The Morgan fingerprint density at radius 1 is 1.13 bits per heavy atom. The quantitative estimate of drug-likeness (QED) is 0.574. The highest BCUT2D eigenvalue weighted by Crippen LogP contribution is 2.23. The number of amides is 2. The molecular weight excluding hydrogens is 405 g/mol. The molecule has 3 aromatic rings. The lowest BCUT2D eigenvalue weighted by molar-refractivity contribution is -0.130. The Labute approximate surface area is 178 Å². The molecule has 30 heavy (non-hydrogen) atoms. The Kier molecular flexibility index (Phi) is 6.79. The van der Waals surface area contributed by atoms with E-state index in [4.69, 9.17) is 4.74 Å². The molecule has 6 nitrogen and oxygen atoms in total. The van der Waals surface area contributed by atoms with E-state index in [-0.39, 0.29) is 30.8 Å². The number of ether oxygens (including phenoxy) is 1. The third-order valence-corrected chi connectivity index (χ3v) is 5.13. The molecule has 0 fully saturated rings. The molecule has 0 unspecified atom stereocenters. The van der Waals surface area contributed by atoms with Crippen molar-refractivity contribution in [2.24, 2.45) is 0 Å². The maximum absolute atomic E-state index is 13.4. The van der Waals surface area contributed by atoms with Crippen molar-refractivity contribution < 1.29 is 18.7 Å². The Hall–Kier alpha value is -3.26. The molecule has 8 heteroatoms. The first-order chi connectivity index (χ1) is 14.3. The fourth-order valence-corrected chi connectivity index (χ4v) is 3.30. The van der Waals surface area contributed by atoms with E-state index < -0.39 is 0 Å². The van der Waals surface area contributed by atoms with Gasteiger partial charge in [0.15, 0.2) is 6.61 Å². The lowest BCUT2D eigenvalue weighted by atomic mass is 10.1. The van der Waals surface area contributed by atoms with Crippen LogP contribution in [0.25, 0.3) is 0 Å². The van der Waals surface area contributed by atoms with Gasteiger partial charge >= 0.3 is 0 Å². The molecule has 3 rings (SSSR count). The zero-order chi connectivity index (χ0) is 21.7. The standard InChI is InChI=1S/C22H22FN3O3S/c1-15-24-18(14-30-15)12-26(19-9-7-17(23)8-10-19)22(28)16-5-4-6-20(11-16)29-13-21(27)25(2)3/h4-11,14H,12-13H2,1-3H3. The second-order valence-corrected chi connectivity index (χ2v) is 7.89. The van der Waals surface area contributed by atoms with Gasteiger partial charge in [-0.15, -0.1) is 11.3 Å². The van der Waals surface area contributed by atoms with E-state index in [0.29, 0.717) is 17.0 Å². The van der Waals surface area contributed by atoms with Crippen LogP contribution in [-0.4, -0.2) is 42.4 Å². The van der Waals surface area contributed by atoms with Gasteiger partial charge in [0.2, 0.25) is 0 Å². The summed E-state index contributed by atoms with van der Waals surface area (Å²) >= 11 is 1.50. The third-order valence-electron chi connectivity index (χ3n) is 4.31. The molecule has 0 saturated heterocycles. The molecule has 2 amide bonds. The van der Waals surface area contributed by atoms with Crippen molar-refractivity contribution in [2.75, 3.05) is 25.6 Å². The monoisotopic (exact) mass is 427 g/mol. The Balaban J connectivity index is 1.86. The largest absolute Gasteiger partial charge is 0.484 e. The number of rotatable bonds is 7. The summed E-state index contributed by atoms with van der Waals surface area (Å²) in [6.07, 6.45) is 0. The molecule has 0 spiro atoms. The fraction of sp³-hybridized carbons (Fsp3) is 0.227. The van der Waals surface area contributed by atoms with Gasteiger partial charge < -0.3 is 14.5 Å². The minimum Gasteiger partial charge on any atom is -0.484 e. The number of anilines is 1. The first-order valence-electron chi connectivity index (χ1n) is 9.25. The molecular formula is C22H22FN3O3S. The van der Waals surface area contributed by atoms with Crippen LogP contribution in [0.2, 0.25) is 0 Å². The summed E-state index contributed by atoms with van der Waals surface area (Å²) in [4.78, 5) is 32.5. The van der Waals surface area contributed by atoms with Gasteiger partial charge in [0, 0.05) is 30.7 Å². The van der Waals surface area contributed by atoms with Crippen molar-refractivity contribution in [3.8, 4) is 5.75 Å². The number of hydrogen-bond donors (Lipinski definition) is 0. The van der Waals surface area contributed by atoms with Gasteiger partial charge in [0.05, 0.1) is 17.2 Å². The van der Waals surface area contributed by atoms with Crippen molar-refractivity contribution in [1.82, 2.24) is 9.88 Å². The molecule has 0 N–H and O–H groups in total. The van der Waals surface area contributed by atoms with Crippen LogP contribution in [0.3, 0.4) is 0 Å². The summed E-state index contributed by atoms with van der Waals surface area (Å²) in [6.45, 7) is 2.03. The molecule has 156 valence electrons. The molecule has 1 heterocycles. The number of benzene rings is 2. The van der Waals surface area contributed by atoms with Crippen LogP contribution >= 0.6 is 11.3 Å². The number of likely N-dealkylation sites (N-methyl/N-ethyl adjacent to an activating group) is 1. The summed E-state index contributed by atoms with van der Waals surface area (Å²) in [6, 6.07) is 12.4. The summed E-state index contributed by atoms with van der Waals surface area (Å²) in [5.74, 6) is -0.425. The zero-order valence-corrected chi connectivity index (χ0v) is 17.8. The van der Waals surface area contributed by atoms with Crippen LogP contribution in [0.15, 0.2) is 53.9 Å². The maximum Gasteiger partial charge on any atom is 0.259 e. The second kappa shape index (κ2) is 9.49. The Morgan fingerprint density at radius 3 is 2.50 bits per heavy atom. The predicted molar refractivity (Wildman–Crippen MR) is 114 cm³/mol. The van der Waals surface area contributed by atoms with E-state index >= 15 is 0 Å². The van der Waals surface area contributed by atoms with Gasteiger partial charge in [-0.1, -0.05) is 6.07 Å². The summed E-state index contributed by atoms with van der Waals surface area (Å²) < 4.78 is 18.9. The van der Waals surface area contributed by atoms with Gasteiger partial charge in [0.25, 0.3) is 11.8 Å². The number of carbonyl (C=O) groups excluding carboxylic acids is 2. The lowest BCUT2D eigenvalue weighted by Gasteiger charge is -2.22. The highest BCUT2D eigenvalue weighted by Gasteiger charge is 2.20. The van der Waals surface area contributed by atoms with Crippen LogP contribution < -0.4 is 9.64 Å². The smallest absolute Gasteiger partial charge is 0.259 e. The topological polar surface area (TPSA) is 62.7 Å². The van der Waals surface area contributed by atoms with E-state index in [1.807, 2.05) is 12.3 Å². The van der Waals surface area contributed by atoms with Crippen LogP contribution in [0.4, 0.5) is 10.1 Å². The highest BCUT2D eigenvalue weighted by atomic mass is 32.1. The molecule has 1 aromatic heterocycles. The number of aryl methyl sites for hydroxylation is 1. The van der Waals surface area contributed by atoms with E-state index in [1.54, 1.807) is 50.5 Å². The molecule has 2 aromatic carbocycles. The van der Waals surface area contributed by atoms with Gasteiger partial charge in [0.1, 0.15) is 11.6 Å². The number of hydrogen-bond acceptors (Lipinski definition) is 5. The van der Waals surface area contributed by atoms with Crippen molar-refractivity contribution in [3.63, 3.8) is 0 Å². The molecule has 0 aliphatic heterocycles. The highest BCUT2D eigenvalue weighted by molar-refractivity contribution is 7.09. The number of aromatic nitrogens is 1. The molecule has 0 atom stereocenters. The average molecular weight is 428 g/mol. The second-order valence-electron chi connectivity index (χ2n) is 6.83. The first kappa shape index (κ1) is 21.4. The van der Waals surface area contributed by atoms with Crippen molar-refractivity contribution in [1.29, 1.82) is 0 Å². The van der Waals surface area contributed by atoms with E-state index in [9.17, 15) is 14.0 Å². The Bertz CT molecular complexity index is 1030. The lowest BCUT2D eigenvalue weighted by Crippen LogP contribution is -2.30. The van der Waals surface area contributed by atoms with E-state index in [2.05, 4.69) is 4.98 Å². The molecule has 0 saturated carbocycles. The Morgan fingerprint density at radius 2 is 1.87 bits per heavy atom. The van der Waals surface area contributed by atoms with Crippen LogP contribution in [0, 0.1) is 12.7 Å². The van der Waals surface area contributed by atoms with Crippen LogP contribution in [-0.2, 0) is 11.3 Å². The minimum absolute atomic E-state index is 0.121. The number of carbonyl (C=O) groups is 2. The van der Waals surface area contributed by atoms with Gasteiger partial charge in [-0.2, -0.15) is 0 Å². The summed E-state index contributed by atoms with van der Waals surface area (Å²) in [7, 11) is 3.29. The van der Waals surface area contributed by atoms with Crippen molar-refractivity contribution in [2.45, 2.75) is 13.5 Å². The zero-order valence-electron chi connectivity index (χ0n) is 17.0. The SMILES string of the molecule is Cc1nc(CN(C(=O)c2cccc(OCC(=O)N(C)C)c2)c2ccc(F)cc2)cs1. The van der Waals surface area contributed by atoms with Crippen LogP contribution in [0.5, 0.6) is 5.75 Å². The van der Waals surface area contributed by atoms with E-state index in [1.165, 1.54) is 33.3 Å². The molecule has 0 aliphatic rings. The fourth-order valence-electron chi connectivity index (χ4n) is 2.69. The average Bonchev–Trinajstić information content (AvgIpc) is 3.15. The number of thiazole rings is 1. The summed E-state index contributed by atoms with van der Waals surface area (Å²) in [5, 5.41) is 2.79. The molecule has 0 radical (unpaired) electrons. The normalized spacial score (nSPS) is 10.5. The van der Waals surface area contributed by atoms with Crippen molar-refractivity contribution >= 4 is 28.8 Å². The minimum atomic E-state index is -0.378. The van der Waals surface area contributed by atoms with E-state index in [0.717, 1.165) is 10.7 Å².